The van der Waals surface area contributed by atoms with Crippen LogP contribution in [0.4, 0.5) is 0 Å². The minimum Gasteiger partial charge on any atom is -0.356 e. The van der Waals surface area contributed by atoms with Crippen molar-refractivity contribution in [2.75, 3.05) is 32.7 Å². The van der Waals surface area contributed by atoms with Gasteiger partial charge in [0.1, 0.15) is 0 Å². The van der Waals surface area contributed by atoms with E-state index >= 15 is 0 Å². The lowest BCUT2D eigenvalue weighted by molar-refractivity contribution is -0.134. The third-order valence-electron chi connectivity index (χ3n) is 3.27. The number of carbonyl (C=O) groups is 2. The van der Waals surface area contributed by atoms with E-state index in [9.17, 15) is 9.59 Å². The highest BCUT2D eigenvalue weighted by Crippen LogP contribution is 2.17. The van der Waals surface area contributed by atoms with Crippen LogP contribution in [-0.4, -0.2) is 49.4 Å². The number of hydrogen-bond acceptors (Lipinski definition) is 3. The van der Waals surface area contributed by atoms with E-state index in [4.69, 9.17) is 0 Å². The molecule has 0 bridgehead atoms. The second-order valence-corrected chi connectivity index (χ2v) is 4.73. The maximum absolute atomic E-state index is 11.8. The summed E-state index contributed by atoms with van der Waals surface area (Å²) in [5.41, 5.74) is 0. The Labute approximate surface area is 109 Å². The second kappa shape index (κ2) is 8.08. The van der Waals surface area contributed by atoms with Gasteiger partial charge in [-0.05, 0) is 32.7 Å². The van der Waals surface area contributed by atoms with Gasteiger partial charge >= 0.3 is 0 Å². The minimum absolute atomic E-state index is 0.0811. The summed E-state index contributed by atoms with van der Waals surface area (Å²) in [6.07, 6.45) is 2.60. The Kier molecular flexibility index (Phi) is 6.72. The molecular weight excluding hydrogens is 230 g/mol. The van der Waals surface area contributed by atoms with Gasteiger partial charge < -0.3 is 15.5 Å². The van der Waals surface area contributed by atoms with Gasteiger partial charge in [0.25, 0.3) is 0 Å². The summed E-state index contributed by atoms with van der Waals surface area (Å²) in [6, 6.07) is 0. The second-order valence-electron chi connectivity index (χ2n) is 4.73. The van der Waals surface area contributed by atoms with Gasteiger partial charge in [0.05, 0.1) is 6.54 Å². The first-order valence-corrected chi connectivity index (χ1v) is 6.95. The lowest BCUT2D eigenvalue weighted by Crippen LogP contribution is -2.45. The highest BCUT2D eigenvalue weighted by Gasteiger charge is 2.26. The van der Waals surface area contributed by atoms with Crippen molar-refractivity contribution in [3.05, 3.63) is 0 Å². The molecule has 0 atom stereocenters. The molecule has 0 radical (unpaired) electrons. The number of nitrogens with one attached hydrogen (secondary N) is 2. The number of amides is 2. The first-order valence-electron chi connectivity index (χ1n) is 6.95. The molecule has 1 fully saturated rings. The molecule has 0 unspecified atom stereocenters. The van der Waals surface area contributed by atoms with Gasteiger partial charge in [-0.3, -0.25) is 9.59 Å². The van der Waals surface area contributed by atoms with Crippen LogP contribution in [0.3, 0.4) is 0 Å². The highest BCUT2D eigenvalue weighted by atomic mass is 16.2. The van der Waals surface area contributed by atoms with Gasteiger partial charge in [-0.2, -0.15) is 0 Å². The molecule has 0 aromatic carbocycles. The van der Waals surface area contributed by atoms with Gasteiger partial charge in [0.15, 0.2) is 0 Å². The van der Waals surface area contributed by atoms with E-state index < -0.39 is 0 Å². The predicted molar refractivity (Wildman–Crippen MR) is 71.1 cm³/mol. The normalized spacial score (nSPS) is 16.7. The number of hydrogen-bond donors (Lipinski definition) is 2. The Morgan fingerprint density at radius 2 is 1.89 bits per heavy atom. The molecule has 0 spiro atoms. The average molecular weight is 255 g/mol. The van der Waals surface area contributed by atoms with E-state index in [0.29, 0.717) is 26.2 Å². The molecule has 2 N–H and O–H groups in total. The van der Waals surface area contributed by atoms with Crippen molar-refractivity contribution >= 4 is 11.8 Å². The molecule has 104 valence electrons. The van der Waals surface area contributed by atoms with Gasteiger partial charge in [0.2, 0.25) is 11.8 Å². The largest absolute Gasteiger partial charge is 0.356 e. The molecule has 1 rings (SSSR count). The van der Waals surface area contributed by atoms with Gasteiger partial charge in [-0.15, -0.1) is 0 Å². The fourth-order valence-electron chi connectivity index (χ4n) is 2.19. The fourth-order valence-corrected chi connectivity index (χ4v) is 2.19. The Bertz CT molecular complexity index is 273. The number of carbonyl (C=O) groups excluding carboxylic acids is 2. The summed E-state index contributed by atoms with van der Waals surface area (Å²) >= 11 is 0. The maximum atomic E-state index is 11.8. The van der Waals surface area contributed by atoms with Crippen molar-refractivity contribution < 1.29 is 9.59 Å². The first kappa shape index (κ1) is 15.0. The zero-order valence-electron chi connectivity index (χ0n) is 11.5. The SMILES string of the molecule is CCCNCC(=O)N1CCC(C(=O)NCC)CC1. The predicted octanol–water partition coefficient (Wildman–Crippen LogP) is 0.361. The van der Waals surface area contributed by atoms with E-state index in [-0.39, 0.29) is 17.7 Å². The monoisotopic (exact) mass is 255 g/mol. The van der Waals surface area contributed by atoms with Crippen LogP contribution in [0, 0.1) is 5.92 Å². The van der Waals surface area contributed by atoms with E-state index in [1.807, 2.05) is 11.8 Å². The average Bonchev–Trinajstić information content (AvgIpc) is 2.39. The van der Waals surface area contributed by atoms with Crippen molar-refractivity contribution in [3.8, 4) is 0 Å². The van der Waals surface area contributed by atoms with E-state index in [0.717, 1.165) is 25.8 Å². The summed E-state index contributed by atoms with van der Waals surface area (Å²) in [6.45, 7) is 7.38. The summed E-state index contributed by atoms with van der Waals surface area (Å²) in [4.78, 5) is 25.4. The molecule has 2 amide bonds. The number of rotatable bonds is 6. The van der Waals surface area contributed by atoms with Crippen LogP contribution in [0.5, 0.6) is 0 Å². The molecule has 1 aliphatic rings. The summed E-state index contributed by atoms with van der Waals surface area (Å²) < 4.78 is 0. The van der Waals surface area contributed by atoms with Crippen molar-refractivity contribution in [1.29, 1.82) is 0 Å². The van der Waals surface area contributed by atoms with Crippen LogP contribution in [0.15, 0.2) is 0 Å². The van der Waals surface area contributed by atoms with Crippen LogP contribution in [-0.2, 0) is 9.59 Å². The van der Waals surface area contributed by atoms with Crippen molar-refractivity contribution in [2.45, 2.75) is 33.1 Å². The van der Waals surface area contributed by atoms with Crippen LogP contribution in [0.2, 0.25) is 0 Å². The molecule has 1 saturated heterocycles. The van der Waals surface area contributed by atoms with Crippen molar-refractivity contribution in [1.82, 2.24) is 15.5 Å². The Morgan fingerprint density at radius 3 is 2.44 bits per heavy atom. The number of piperidine rings is 1. The first-order chi connectivity index (χ1) is 8.69. The third kappa shape index (κ3) is 4.64. The van der Waals surface area contributed by atoms with Gasteiger partial charge in [-0.1, -0.05) is 6.92 Å². The molecule has 18 heavy (non-hydrogen) atoms. The molecule has 5 heteroatoms. The Morgan fingerprint density at radius 1 is 1.22 bits per heavy atom. The third-order valence-corrected chi connectivity index (χ3v) is 3.27. The van der Waals surface area contributed by atoms with Crippen LogP contribution in [0.1, 0.15) is 33.1 Å². The van der Waals surface area contributed by atoms with Gasteiger partial charge in [-0.25, -0.2) is 0 Å². The molecule has 0 aliphatic carbocycles. The topological polar surface area (TPSA) is 61.4 Å². The smallest absolute Gasteiger partial charge is 0.236 e. The van der Waals surface area contributed by atoms with E-state index in [1.165, 1.54) is 0 Å². The van der Waals surface area contributed by atoms with Crippen molar-refractivity contribution in [3.63, 3.8) is 0 Å². The van der Waals surface area contributed by atoms with Crippen LogP contribution in [0.25, 0.3) is 0 Å². The Hall–Kier alpha value is -1.10. The zero-order valence-corrected chi connectivity index (χ0v) is 11.5. The zero-order chi connectivity index (χ0) is 13.4. The Balaban J connectivity index is 2.26. The molecule has 1 heterocycles. The van der Waals surface area contributed by atoms with E-state index in [2.05, 4.69) is 17.6 Å². The molecule has 0 saturated carbocycles. The fraction of sp³-hybridized carbons (Fsp3) is 0.846. The van der Waals surface area contributed by atoms with Crippen LogP contribution >= 0.6 is 0 Å². The number of nitrogens with zero attached hydrogens (tertiary/aromatic N) is 1. The molecule has 5 nitrogen and oxygen atoms in total. The lowest BCUT2D eigenvalue weighted by atomic mass is 9.96. The van der Waals surface area contributed by atoms with Crippen molar-refractivity contribution in [2.24, 2.45) is 5.92 Å². The summed E-state index contributed by atoms with van der Waals surface area (Å²) in [5, 5.41) is 5.96. The molecule has 0 aromatic heterocycles. The highest BCUT2D eigenvalue weighted by molar-refractivity contribution is 5.80. The standard InChI is InChI=1S/C13H25N3O2/c1-3-7-14-10-12(17)16-8-5-11(6-9-16)13(18)15-4-2/h11,14H,3-10H2,1-2H3,(H,15,18). The summed E-state index contributed by atoms with van der Waals surface area (Å²) in [5.74, 6) is 0.365. The molecule has 1 aliphatic heterocycles. The molecular formula is C13H25N3O2. The summed E-state index contributed by atoms with van der Waals surface area (Å²) in [7, 11) is 0. The molecule has 0 aromatic rings. The van der Waals surface area contributed by atoms with Gasteiger partial charge in [0, 0.05) is 25.6 Å². The maximum Gasteiger partial charge on any atom is 0.236 e. The van der Waals surface area contributed by atoms with E-state index in [1.54, 1.807) is 0 Å². The minimum atomic E-state index is 0.0811. The number of likely N-dealkylation sites (tertiary alicyclic amines) is 1. The lowest BCUT2D eigenvalue weighted by Gasteiger charge is -2.31. The quantitative estimate of drug-likeness (QED) is 0.674. The van der Waals surface area contributed by atoms with Crippen LogP contribution < -0.4 is 10.6 Å².